The zero-order valence-corrected chi connectivity index (χ0v) is 11.9. The van der Waals surface area contributed by atoms with Crippen LogP contribution in [0.1, 0.15) is 68.6 Å². The van der Waals surface area contributed by atoms with Crippen molar-refractivity contribution in [1.29, 1.82) is 0 Å². The molecular formula is C17H28. The van der Waals surface area contributed by atoms with E-state index in [0.29, 0.717) is 0 Å². The fourth-order valence-corrected chi connectivity index (χ4v) is 2.34. The summed E-state index contributed by atoms with van der Waals surface area (Å²) < 4.78 is 0. The second-order valence-corrected chi connectivity index (χ2v) is 5.30. The molecule has 0 bridgehead atoms. The lowest BCUT2D eigenvalue weighted by atomic mass is 9.99. The Balaban J connectivity index is 2.15. The first kappa shape index (κ1) is 14.3. The summed E-state index contributed by atoms with van der Waals surface area (Å²) in [5.41, 5.74) is 4.41. The molecule has 0 nitrogen and oxygen atoms in total. The third-order valence-corrected chi connectivity index (χ3v) is 3.55. The fourth-order valence-electron chi connectivity index (χ4n) is 2.34. The molecule has 0 N–H and O–H groups in total. The molecule has 0 unspecified atom stereocenters. The van der Waals surface area contributed by atoms with Gasteiger partial charge >= 0.3 is 0 Å². The van der Waals surface area contributed by atoms with Crippen molar-refractivity contribution < 1.29 is 0 Å². The van der Waals surface area contributed by atoms with Gasteiger partial charge in [-0.15, -0.1) is 0 Å². The molecule has 0 saturated heterocycles. The average Bonchev–Trinajstić information content (AvgIpc) is 2.32. The van der Waals surface area contributed by atoms with Crippen molar-refractivity contribution in [2.75, 3.05) is 0 Å². The van der Waals surface area contributed by atoms with Crippen LogP contribution < -0.4 is 0 Å². The molecule has 0 aromatic heterocycles. The van der Waals surface area contributed by atoms with Crippen molar-refractivity contribution in [3.63, 3.8) is 0 Å². The lowest BCUT2D eigenvalue weighted by Crippen LogP contribution is -1.91. The summed E-state index contributed by atoms with van der Waals surface area (Å²) in [6.07, 6.45) is 11.1. The first-order valence-electron chi connectivity index (χ1n) is 7.30. The summed E-state index contributed by atoms with van der Waals surface area (Å²) in [6, 6.07) is 6.82. The Hall–Kier alpha value is -0.780. The van der Waals surface area contributed by atoms with Gasteiger partial charge in [0.2, 0.25) is 0 Å². The smallest absolute Gasteiger partial charge is 0.0276 e. The van der Waals surface area contributed by atoms with Crippen LogP contribution in [0.15, 0.2) is 18.2 Å². The maximum Gasteiger partial charge on any atom is -0.0276 e. The van der Waals surface area contributed by atoms with Crippen molar-refractivity contribution in [3.8, 4) is 0 Å². The molecule has 0 spiro atoms. The molecule has 0 atom stereocenters. The van der Waals surface area contributed by atoms with E-state index in [4.69, 9.17) is 0 Å². The van der Waals surface area contributed by atoms with E-state index in [2.05, 4.69) is 39.0 Å². The van der Waals surface area contributed by atoms with Gasteiger partial charge in [0.05, 0.1) is 0 Å². The van der Waals surface area contributed by atoms with Crippen LogP contribution in [0.3, 0.4) is 0 Å². The Morgan fingerprint density at radius 2 is 1.47 bits per heavy atom. The molecule has 0 heterocycles. The van der Waals surface area contributed by atoms with E-state index in [0.717, 1.165) is 0 Å². The molecule has 1 aromatic rings. The molecule has 0 aliphatic carbocycles. The highest BCUT2D eigenvalue weighted by Crippen LogP contribution is 2.15. The quantitative estimate of drug-likeness (QED) is 0.512. The van der Waals surface area contributed by atoms with Crippen LogP contribution in [0.25, 0.3) is 0 Å². The normalized spacial score (nSPS) is 10.8. The summed E-state index contributed by atoms with van der Waals surface area (Å²) >= 11 is 0. The van der Waals surface area contributed by atoms with E-state index < -0.39 is 0 Å². The van der Waals surface area contributed by atoms with Crippen LogP contribution in [-0.2, 0) is 6.42 Å². The molecular weight excluding hydrogens is 204 g/mol. The van der Waals surface area contributed by atoms with Crippen molar-refractivity contribution >= 4 is 0 Å². The summed E-state index contributed by atoms with van der Waals surface area (Å²) in [5.74, 6) is 0. The van der Waals surface area contributed by atoms with Gasteiger partial charge in [-0.1, -0.05) is 69.2 Å². The minimum atomic E-state index is 1.27. The van der Waals surface area contributed by atoms with Crippen molar-refractivity contribution in [2.24, 2.45) is 0 Å². The SMILES string of the molecule is CCCCCCCCCc1cc(C)ccc1C. The molecule has 1 aromatic carbocycles. The zero-order chi connectivity index (χ0) is 12.5. The predicted molar refractivity (Wildman–Crippen MR) is 77.6 cm³/mol. The van der Waals surface area contributed by atoms with Crippen LogP contribution in [0, 0.1) is 13.8 Å². The largest absolute Gasteiger partial charge is 0.0654 e. The molecule has 96 valence electrons. The van der Waals surface area contributed by atoms with Gasteiger partial charge in [0.1, 0.15) is 0 Å². The highest BCUT2D eigenvalue weighted by Gasteiger charge is 1.98. The van der Waals surface area contributed by atoms with E-state index >= 15 is 0 Å². The van der Waals surface area contributed by atoms with Gasteiger partial charge in [-0.05, 0) is 37.8 Å². The lowest BCUT2D eigenvalue weighted by molar-refractivity contribution is 0.589. The summed E-state index contributed by atoms with van der Waals surface area (Å²) in [7, 11) is 0. The van der Waals surface area contributed by atoms with Gasteiger partial charge < -0.3 is 0 Å². The van der Waals surface area contributed by atoms with Crippen LogP contribution >= 0.6 is 0 Å². The molecule has 0 aliphatic rings. The van der Waals surface area contributed by atoms with Crippen LogP contribution in [0.2, 0.25) is 0 Å². The average molecular weight is 232 g/mol. The number of unbranched alkanes of at least 4 members (excludes halogenated alkanes) is 6. The molecule has 0 aliphatic heterocycles. The molecule has 17 heavy (non-hydrogen) atoms. The number of rotatable bonds is 8. The molecule has 0 saturated carbocycles. The van der Waals surface area contributed by atoms with Crippen molar-refractivity contribution in [1.82, 2.24) is 0 Å². The summed E-state index contributed by atoms with van der Waals surface area (Å²) in [5, 5.41) is 0. The molecule has 0 amide bonds. The second-order valence-electron chi connectivity index (χ2n) is 5.30. The molecule has 1 rings (SSSR count). The maximum absolute atomic E-state index is 2.35. The van der Waals surface area contributed by atoms with E-state index in [1.807, 2.05) is 0 Å². The predicted octanol–water partition coefficient (Wildman–Crippen LogP) is 5.60. The lowest BCUT2D eigenvalue weighted by Gasteiger charge is -2.07. The first-order valence-corrected chi connectivity index (χ1v) is 7.30. The van der Waals surface area contributed by atoms with Gasteiger partial charge in [0, 0.05) is 0 Å². The number of aryl methyl sites for hydroxylation is 3. The Labute approximate surface area is 107 Å². The Morgan fingerprint density at radius 1 is 0.824 bits per heavy atom. The molecule has 0 fully saturated rings. The number of hydrogen-bond donors (Lipinski definition) is 0. The highest BCUT2D eigenvalue weighted by molar-refractivity contribution is 5.30. The first-order chi connectivity index (χ1) is 8.24. The van der Waals surface area contributed by atoms with E-state index in [1.54, 1.807) is 5.56 Å². The highest BCUT2D eigenvalue weighted by atomic mass is 14.0. The zero-order valence-electron chi connectivity index (χ0n) is 11.9. The minimum absolute atomic E-state index is 1.27. The van der Waals surface area contributed by atoms with Gasteiger partial charge in [-0.2, -0.15) is 0 Å². The summed E-state index contributed by atoms with van der Waals surface area (Å²) in [6.45, 7) is 6.70. The van der Waals surface area contributed by atoms with Gasteiger partial charge in [-0.3, -0.25) is 0 Å². The number of benzene rings is 1. The fraction of sp³-hybridized carbons (Fsp3) is 0.647. The third kappa shape index (κ3) is 5.91. The Kier molecular flexibility index (Phi) is 7.00. The number of hydrogen-bond acceptors (Lipinski definition) is 0. The monoisotopic (exact) mass is 232 g/mol. The van der Waals surface area contributed by atoms with Gasteiger partial charge in [0.25, 0.3) is 0 Å². The van der Waals surface area contributed by atoms with Gasteiger partial charge in [0.15, 0.2) is 0 Å². The second kappa shape index (κ2) is 8.33. The molecule has 0 radical (unpaired) electrons. The third-order valence-electron chi connectivity index (χ3n) is 3.55. The standard InChI is InChI=1S/C17H28/c1-4-5-6-7-8-9-10-11-17-14-15(2)12-13-16(17)3/h12-14H,4-11H2,1-3H3. The van der Waals surface area contributed by atoms with E-state index in [9.17, 15) is 0 Å². The summed E-state index contributed by atoms with van der Waals surface area (Å²) in [4.78, 5) is 0. The van der Waals surface area contributed by atoms with E-state index in [1.165, 1.54) is 62.5 Å². The Morgan fingerprint density at radius 3 is 2.18 bits per heavy atom. The van der Waals surface area contributed by atoms with E-state index in [-0.39, 0.29) is 0 Å². The topological polar surface area (TPSA) is 0 Å². The van der Waals surface area contributed by atoms with Gasteiger partial charge in [-0.25, -0.2) is 0 Å². The minimum Gasteiger partial charge on any atom is -0.0654 e. The van der Waals surface area contributed by atoms with Crippen LogP contribution in [-0.4, -0.2) is 0 Å². The van der Waals surface area contributed by atoms with Crippen LogP contribution in [0.4, 0.5) is 0 Å². The van der Waals surface area contributed by atoms with Crippen molar-refractivity contribution in [3.05, 3.63) is 34.9 Å². The molecule has 0 heteroatoms. The maximum atomic E-state index is 2.35. The van der Waals surface area contributed by atoms with Crippen LogP contribution in [0.5, 0.6) is 0 Å². The van der Waals surface area contributed by atoms with Crippen molar-refractivity contribution in [2.45, 2.75) is 72.1 Å². The Bertz CT molecular complexity index is 312.